The third kappa shape index (κ3) is 2.90. The number of thiazole rings is 1. The summed E-state index contributed by atoms with van der Waals surface area (Å²) in [6.45, 7) is 1.79. The summed E-state index contributed by atoms with van der Waals surface area (Å²) in [5.41, 5.74) is 11.3. The molecule has 0 spiro atoms. The highest BCUT2D eigenvalue weighted by molar-refractivity contribution is 7.13. The van der Waals surface area contributed by atoms with Gasteiger partial charge in [0.15, 0.2) is 0 Å². The molecule has 122 valence electrons. The number of nitrogens with two attached hydrogens (primary N) is 1. The minimum absolute atomic E-state index is 0.497. The number of benzene rings is 2. The molecule has 4 nitrogen and oxygen atoms in total. The quantitative estimate of drug-likeness (QED) is 0.514. The van der Waals surface area contributed by atoms with Gasteiger partial charge in [0.1, 0.15) is 10.8 Å². The maximum atomic E-state index is 7.69. The Kier molecular flexibility index (Phi) is 3.78. The Morgan fingerprint density at radius 1 is 1.04 bits per heavy atom. The van der Waals surface area contributed by atoms with Crippen LogP contribution in [-0.2, 0) is 0 Å². The zero-order chi connectivity index (χ0) is 17.4. The normalized spacial score (nSPS) is 10.9. The predicted molar refractivity (Wildman–Crippen MR) is 105 cm³/mol. The van der Waals surface area contributed by atoms with Crippen LogP contribution in [0.5, 0.6) is 0 Å². The Labute approximate surface area is 149 Å². The molecule has 4 aromatic rings. The van der Waals surface area contributed by atoms with Crippen LogP contribution in [0.15, 0.2) is 60.0 Å². The van der Waals surface area contributed by atoms with E-state index in [0.29, 0.717) is 11.5 Å². The molecule has 0 saturated heterocycles. The zero-order valence-corrected chi connectivity index (χ0v) is 14.5. The lowest BCUT2D eigenvalue weighted by molar-refractivity contribution is 1.38. The highest BCUT2D eigenvalue weighted by Gasteiger charge is 2.11. The van der Waals surface area contributed by atoms with Crippen LogP contribution in [0.25, 0.3) is 32.7 Å². The average Bonchev–Trinajstić information content (AvgIpc) is 3.11. The number of para-hydroxylation sites is 1. The van der Waals surface area contributed by atoms with Gasteiger partial charge in [0.2, 0.25) is 0 Å². The number of hydrogen-bond acceptors (Lipinski definition) is 5. The van der Waals surface area contributed by atoms with Gasteiger partial charge in [-0.05, 0) is 24.6 Å². The minimum atomic E-state index is 0.497. The van der Waals surface area contributed by atoms with Crippen LogP contribution < -0.4 is 5.73 Å². The smallest absolute Gasteiger partial charge is 0.124 e. The van der Waals surface area contributed by atoms with Crippen LogP contribution in [0, 0.1) is 5.41 Å². The number of fused-ring (bicyclic) bond motifs is 1. The molecular formula is C20H16N4S. The molecule has 4 rings (SSSR count). The van der Waals surface area contributed by atoms with Crippen LogP contribution >= 0.6 is 11.3 Å². The molecule has 0 aliphatic carbocycles. The standard InChI is InChI=1S/C20H16N4S/c1-12(21)13-6-8-14(9-7-13)18-11-25-20(24-18)16-10-19(22)23-17-5-3-2-4-15(16)17/h2-11,21H,1H3,(H2,22,23). The summed E-state index contributed by atoms with van der Waals surface area (Å²) in [6, 6.07) is 17.8. The van der Waals surface area contributed by atoms with Crippen molar-refractivity contribution in [2.24, 2.45) is 0 Å². The molecule has 0 atom stereocenters. The molecule has 2 aromatic carbocycles. The number of rotatable bonds is 3. The van der Waals surface area contributed by atoms with Gasteiger partial charge >= 0.3 is 0 Å². The van der Waals surface area contributed by atoms with Gasteiger partial charge in [0.25, 0.3) is 0 Å². The van der Waals surface area contributed by atoms with Crippen LogP contribution in [0.3, 0.4) is 0 Å². The molecule has 2 aromatic heterocycles. The summed E-state index contributed by atoms with van der Waals surface area (Å²) in [5, 5.41) is 11.7. The topological polar surface area (TPSA) is 75.7 Å². The fraction of sp³-hybridized carbons (Fsp3) is 0.0500. The van der Waals surface area contributed by atoms with E-state index in [1.807, 2.05) is 60.0 Å². The summed E-state index contributed by atoms with van der Waals surface area (Å²) in [5.74, 6) is 0.497. The maximum Gasteiger partial charge on any atom is 0.124 e. The highest BCUT2D eigenvalue weighted by atomic mass is 32.1. The second kappa shape index (κ2) is 6.11. The first-order chi connectivity index (χ1) is 12.1. The van der Waals surface area contributed by atoms with Crippen molar-refractivity contribution in [1.29, 1.82) is 5.41 Å². The Balaban J connectivity index is 1.78. The Hall–Kier alpha value is -3.05. The first kappa shape index (κ1) is 15.5. The van der Waals surface area contributed by atoms with E-state index < -0.39 is 0 Å². The van der Waals surface area contributed by atoms with Crippen LogP contribution in [0.2, 0.25) is 0 Å². The van der Waals surface area contributed by atoms with E-state index in [1.165, 1.54) is 0 Å². The molecule has 0 aliphatic rings. The van der Waals surface area contributed by atoms with E-state index >= 15 is 0 Å². The van der Waals surface area contributed by atoms with Crippen LogP contribution in [0.4, 0.5) is 5.82 Å². The van der Waals surface area contributed by atoms with E-state index in [9.17, 15) is 0 Å². The lowest BCUT2D eigenvalue weighted by Crippen LogP contribution is -1.93. The lowest BCUT2D eigenvalue weighted by Gasteiger charge is -2.05. The number of nitrogens with one attached hydrogen (secondary N) is 1. The predicted octanol–water partition coefficient (Wildman–Crippen LogP) is 5.00. The van der Waals surface area contributed by atoms with E-state index in [-0.39, 0.29) is 0 Å². The van der Waals surface area contributed by atoms with Crippen molar-refractivity contribution in [3.63, 3.8) is 0 Å². The van der Waals surface area contributed by atoms with Crippen molar-refractivity contribution in [1.82, 2.24) is 9.97 Å². The fourth-order valence-electron chi connectivity index (χ4n) is 2.79. The number of nitrogens with zero attached hydrogens (tertiary/aromatic N) is 2. The van der Waals surface area contributed by atoms with Gasteiger partial charge in [-0.3, -0.25) is 0 Å². The van der Waals surface area contributed by atoms with Gasteiger partial charge in [-0.15, -0.1) is 11.3 Å². The van der Waals surface area contributed by atoms with Gasteiger partial charge in [0, 0.05) is 27.6 Å². The molecular weight excluding hydrogens is 328 g/mol. The fourth-order valence-corrected chi connectivity index (χ4v) is 3.65. The largest absolute Gasteiger partial charge is 0.384 e. The molecule has 0 aliphatic heterocycles. The SMILES string of the molecule is CC(=N)c1ccc(-c2csc(-c3cc(N)nc4ccccc34)n2)cc1. The van der Waals surface area contributed by atoms with Crippen molar-refractivity contribution in [2.45, 2.75) is 6.92 Å². The highest BCUT2D eigenvalue weighted by Crippen LogP contribution is 2.34. The molecule has 2 heterocycles. The van der Waals surface area contributed by atoms with Crippen molar-refractivity contribution in [3.05, 3.63) is 65.5 Å². The maximum absolute atomic E-state index is 7.69. The van der Waals surface area contributed by atoms with E-state index in [0.717, 1.165) is 38.3 Å². The first-order valence-electron chi connectivity index (χ1n) is 7.89. The van der Waals surface area contributed by atoms with Crippen molar-refractivity contribution < 1.29 is 0 Å². The Morgan fingerprint density at radius 3 is 2.56 bits per heavy atom. The van der Waals surface area contributed by atoms with E-state index in [1.54, 1.807) is 18.3 Å². The molecule has 0 saturated carbocycles. The molecule has 0 fully saturated rings. The van der Waals surface area contributed by atoms with Crippen LogP contribution in [-0.4, -0.2) is 15.7 Å². The summed E-state index contributed by atoms with van der Waals surface area (Å²) < 4.78 is 0. The zero-order valence-electron chi connectivity index (χ0n) is 13.7. The van der Waals surface area contributed by atoms with Gasteiger partial charge < -0.3 is 11.1 Å². The van der Waals surface area contributed by atoms with Gasteiger partial charge in [-0.25, -0.2) is 9.97 Å². The number of pyridine rings is 1. The third-order valence-electron chi connectivity index (χ3n) is 4.08. The summed E-state index contributed by atoms with van der Waals surface area (Å²) in [7, 11) is 0. The van der Waals surface area contributed by atoms with E-state index in [2.05, 4.69) is 4.98 Å². The van der Waals surface area contributed by atoms with Crippen molar-refractivity contribution >= 4 is 33.8 Å². The molecule has 5 heteroatoms. The summed E-state index contributed by atoms with van der Waals surface area (Å²) in [4.78, 5) is 9.19. The molecule has 0 bridgehead atoms. The number of anilines is 1. The summed E-state index contributed by atoms with van der Waals surface area (Å²) >= 11 is 1.59. The van der Waals surface area contributed by atoms with Crippen LogP contribution in [0.1, 0.15) is 12.5 Å². The second-order valence-corrected chi connectivity index (χ2v) is 6.71. The molecule has 25 heavy (non-hydrogen) atoms. The minimum Gasteiger partial charge on any atom is -0.384 e. The van der Waals surface area contributed by atoms with Gasteiger partial charge in [0.05, 0.1) is 11.2 Å². The Bertz CT molecular complexity index is 1080. The molecule has 0 unspecified atom stereocenters. The molecule has 0 amide bonds. The van der Waals surface area contributed by atoms with Gasteiger partial charge in [-0.1, -0.05) is 42.5 Å². The van der Waals surface area contributed by atoms with Crippen molar-refractivity contribution in [3.8, 4) is 21.8 Å². The average molecular weight is 344 g/mol. The number of aromatic nitrogens is 2. The number of nitrogen functional groups attached to an aromatic ring is 1. The monoisotopic (exact) mass is 344 g/mol. The van der Waals surface area contributed by atoms with E-state index in [4.69, 9.17) is 16.1 Å². The van der Waals surface area contributed by atoms with Gasteiger partial charge in [-0.2, -0.15) is 0 Å². The second-order valence-electron chi connectivity index (χ2n) is 5.85. The Morgan fingerprint density at radius 2 is 1.80 bits per heavy atom. The summed E-state index contributed by atoms with van der Waals surface area (Å²) in [6.07, 6.45) is 0. The van der Waals surface area contributed by atoms with Crippen molar-refractivity contribution in [2.75, 3.05) is 5.73 Å². The molecule has 3 N–H and O–H groups in total. The number of hydrogen-bond donors (Lipinski definition) is 2. The lowest BCUT2D eigenvalue weighted by atomic mass is 10.1. The first-order valence-corrected chi connectivity index (χ1v) is 8.77. The third-order valence-corrected chi connectivity index (χ3v) is 4.96. The molecule has 0 radical (unpaired) electrons.